The molecular formula is C18H23FN2O3S. The molecule has 0 aliphatic rings. The first-order chi connectivity index (χ1) is 11.8. The van der Waals surface area contributed by atoms with Crippen LogP contribution in [0.15, 0.2) is 48.5 Å². The van der Waals surface area contributed by atoms with E-state index in [1.54, 1.807) is 6.07 Å². The van der Waals surface area contributed by atoms with Gasteiger partial charge < -0.3 is 10.1 Å². The molecule has 0 spiro atoms. The number of benzene rings is 2. The molecule has 0 heterocycles. The van der Waals surface area contributed by atoms with Crippen molar-refractivity contribution in [3.8, 4) is 5.75 Å². The van der Waals surface area contributed by atoms with Crippen molar-refractivity contribution in [3.63, 3.8) is 0 Å². The Morgan fingerprint density at radius 3 is 2.48 bits per heavy atom. The summed E-state index contributed by atoms with van der Waals surface area (Å²) in [4.78, 5) is 0. The van der Waals surface area contributed by atoms with E-state index in [0.29, 0.717) is 25.4 Å². The van der Waals surface area contributed by atoms with E-state index in [1.165, 1.54) is 12.1 Å². The fourth-order valence-electron chi connectivity index (χ4n) is 2.14. The minimum atomic E-state index is -3.17. The molecule has 0 bridgehead atoms. The Kier molecular flexibility index (Phi) is 6.92. The molecule has 25 heavy (non-hydrogen) atoms. The Labute approximate surface area is 148 Å². The van der Waals surface area contributed by atoms with Crippen LogP contribution in [0.4, 0.5) is 4.39 Å². The van der Waals surface area contributed by atoms with Crippen molar-refractivity contribution in [1.82, 2.24) is 10.0 Å². The second kappa shape index (κ2) is 8.94. The van der Waals surface area contributed by atoms with Crippen LogP contribution in [0, 0.1) is 5.82 Å². The van der Waals surface area contributed by atoms with Crippen molar-refractivity contribution < 1.29 is 17.5 Å². The van der Waals surface area contributed by atoms with E-state index in [9.17, 15) is 12.8 Å². The maximum atomic E-state index is 13.1. The minimum absolute atomic E-state index is 0.0126. The molecule has 2 aromatic carbocycles. The third kappa shape index (κ3) is 7.64. The molecule has 1 unspecified atom stereocenters. The average Bonchev–Trinajstić information content (AvgIpc) is 2.57. The zero-order valence-electron chi connectivity index (χ0n) is 14.3. The van der Waals surface area contributed by atoms with Crippen molar-refractivity contribution in [2.75, 3.05) is 12.8 Å². The molecule has 2 aromatic rings. The first-order valence-electron chi connectivity index (χ1n) is 7.96. The Morgan fingerprint density at radius 2 is 1.84 bits per heavy atom. The molecule has 5 nitrogen and oxygen atoms in total. The third-order valence-corrected chi connectivity index (χ3v) is 4.22. The standard InChI is InChI=1S/C18H23FN2O3S/c1-14(11-21-25(2,22)23)20-12-15-6-8-18(9-7-15)24-13-16-4-3-5-17(19)10-16/h3-10,14,20-21H,11-13H2,1-2H3. The number of halogens is 1. The number of ether oxygens (including phenoxy) is 1. The second-order valence-electron chi connectivity index (χ2n) is 5.97. The number of hydrogen-bond donors (Lipinski definition) is 2. The largest absolute Gasteiger partial charge is 0.489 e. The van der Waals surface area contributed by atoms with Crippen molar-refractivity contribution in [1.29, 1.82) is 0 Å². The molecule has 0 aliphatic heterocycles. The van der Waals surface area contributed by atoms with Gasteiger partial charge in [-0.1, -0.05) is 24.3 Å². The number of rotatable bonds is 9. The van der Waals surface area contributed by atoms with E-state index < -0.39 is 10.0 Å². The minimum Gasteiger partial charge on any atom is -0.489 e. The predicted molar refractivity (Wildman–Crippen MR) is 96.3 cm³/mol. The number of hydrogen-bond acceptors (Lipinski definition) is 4. The molecule has 2 rings (SSSR count). The van der Waals surface area contributed by atoms with E-state index in [1.807, 2.05) is 37.3 Å². The molecule has 136 valence electrons. The number of sulfonamides is 1. The lowest BCUT2D eigenvalue weighted by Gasteiger charge is -2.14. The van der Waals surface area contributed by atoms with E-state index in [0.717, 1.165) is 17.4 Å². The van der Waals surface area contributed by atoms with Gasteiger partial charge in [-0.25, -0.2) is 17.5 Å². The quantitative estimate of drug-likeness (QED) is 0.715. The summed E-state index contributed by atoms with van der Waals surface area (Å²) in [7, 11) is -3.17. The normalized spacial score (nSPS) is 12.8. The third-order valence-electron chi connectivity index (χ3n) is 3.52. The van der Waals surface area contributed by atoms with Gasteiger partial charge in [0.1, 0.15) is 18.2 Å². The van der Waals surface area contributed by atoms with Gasteiger partial charge in [0, 0.05) is 19.1 Å². The van der Waals surface area contributed by atoms with Crippen LogP contribution in [0.1, 0.15) is 18.1 Å². The zero-order valence-corrected chi connectivity index (χ0v) is 15.1. The first-order valence-corrected chi connectivity index (χ1v) is 9.85. The molecule has 7 heteroatoms. The highest BCUT2D eigenvalue weighted by Crippen LogP contribution is 2.14. The summed E-state index contributed by atoms with van der Waals surface area (Å²) in [5.41, 5.74) is 1.84. The average molecular weight is 366 g/mol. The second-order valence-corrected chi connectivity index (χ2v) is 7.80. The van der Waals surface area contributed by atoms with Gasteiger partial charge in [0.15, 0.2) is 0 Å². The zero-order chi connectivity index (χ0) is 18.3. The van der Waals surface area contributed by atoms with E-state index in [4.69, 9.17) is 4.74 Å². The van der Waals surface area contributed by atoms with Gasteiger partial charge in [-0.15, -0.1) is 0 Å². The molecule has 0 fully saturated rings. The van der Waals surface area contributed by atoms with Gasteiger partial charge in [-0.3, -0.25) is 0 Å². The molecule has 0 saturated heterocycles. The van der Waals surface area contributed by atoms with Gasteiger partial charge >= 0.3 is 0 Å². The van der Waals surface area contributed by atoms with E-state index in [2.05, 4.69) is 10.0 Å². The van der Waals surface area contributed by atoms with Gasteiger partial charge in [-0.05, 0) is 42.3 Å². The molecule has 1 atom stereocenters. The highest BCUT2D eigenvalue weighted by molar-refractivity contribution is 7.88. The highest BCUT2D eigenvalue weighted by atomic mass is 32.2. The van der Waals surface area contributed by atoms with Gasteiger partial charge in [-0.2, -0.15) is 0 Å². The molecule has 0 amide bonds. The maximum absolute atomic E-state index is 13.1. The van der Waals surface area contributed by atoms with Crippen molar-refractivity contribution in [2.45, 2.75) is 26.1 Å². The van der Waals surface area contributed by atoms with Crippen molar-refractivity contribution in [2.24, 2.45) is 0 Å². The topological polar surface area (TPSA) is 67.4 Å². The Morgan fingerprint density at radius 1 is 1.12 bits per heavy atom. The summed E-state index contributed by atoms with van der Waals surface area (Å²) in [6, 6.07) is 13.9. The number of nitrogens with one attached hydrogen (secondary N) is 2. The van der Waals surface area contributed by atoms with E-state index >= 15 is 0 Å². The summed E-state index contributed by atoms with van der Waals surface area (Å²) >= 11 is 0. The summed E-state index contributed by atoms with van der Waals surface area (Å²) < 4.78 is 43.3. The SMILES string of the molecule is CC(CNS(C)(=O)=O)NCc1ccc(OCc2cccc(F)c2)cc1. The smallest absolute Gasteiger partial charge is 0.208 e. The van der Waals surface area contributed by atoms with Crippen LogP contribution in [0.2, 0.25) is 0 Å². The Bertz CT molecular complexity index is 779. The molecule has 2 N–H and O–H groups in total. The maximum Gasteiger partial charge on any atom is 0.208 e. The molecule has 0 radical (unpaired) electrons. The van der Waals surface area contributed by atoms with Crippen LogP contribution >= 0.6 is 0 Å². The lowest BCUT2D eigenvalue weighted by Crippen LogP contribution is -2.38. The fourth-order valence-corrected chi connectivity index (χ4v) is 2.69. The predicted octanol–water partition coefficient (Wildman–Crippen LogP) is 2.43. The first kappa shape index (κ1) is 19.4. The van der Waals surface area contributed by atoms with Gasteiger partial charge in [0.05, 0.1) is 6.26 Å². The highest BCUT2D eigenvalue weighted by Gasteiger charge is 2.06. The fraction of sp³-hybridized carbons (Fsp3) is 0.333. The van der Waals surface area contributed by atoms with Crippen LogP contribution in [0.25, 0.3) is 0 Å². The Hall–Kier alpha value is -1.96. The molecule has 0 aliphatic carbocycles. The monoisotopic (exact) mass is 366 g/mol. The molecule has 0 aromatic heterocycles. The Balaban J connectivity index is 1.77. The van der Waals surface area contributed by atoms with Crippen LogP contribution in [0.5, 0.6) is 5.75 Å². The van der Waals surface area contributed by atoms with Crippen molar-refractivity contribution >= 4 is 10.0 Å². The van der Waals surface area contributed by atoms with Crippen LogP contribution in [-0.2, 0) is 23.2 Å². The molecular weight excluding hydrogens is 343 g/mol. The van der Waals surface area contributed by atoms with Crippen LogP contribution < -0.4 is 14.8 Å². The summed E-state index contributed by atoms with van der Waals surface area (Å²) in [6.07, 6.45) is 1.14. The molecule has 0 saturated carbocycles. The summed E-state index contributed by atoms with van der Waals surface area (Å²) in [5.74, 6) is 0.432. The van der Waals surface area contributed by atoms with Gasteiger partial charge in [0.25, 0.3) is 0 Å². The van der Waals surface area contributed by atoms with Crippen LogP contribution in [-0.4, -0.2) is 27.3 Å². The van der Waals surface area contributed by atoms with Gasteiger partial charge in [0.2, 0.25) is 10.0 Å². The lowest BCUT2D eigenvalue weighted by atomic mass is 10.2. The van der Waals surface area contributed by atoms with E-state index in [-0.39, 0.29) is 11.9 Å². The summed E-state index contributed by atoms with van der Waals surface area (Å²) in [5, 5.41) is 3.25. The lowest BCUT2D eigenvalue weighted by molar-refractivity contribution is 0.305. The summed E-state index contributed by atoms with van der Waals surface area (Å²) in [6.45, 7) is 3.18. The van der Waals surface area contributed by atoms with Crippen LogP contribution in [0.3, 0.4) is 0 Å². The van der Waals surface area contributed by atoms with Crippen molar-refractivity contribution in [3.05, 3.63) is 65.5 Å².